The van der Waals surface area contributed by atoms with Gasteiger partial charge in [0.2, 0.25) is 0 Å². The first-order chi connectivity index (χ1) is 15.7. The monoisotopic (exact) mass is 424 g/mol. The second-order valence-corrected chi connectivity index (χ2v) is 8.17. The lowest BCUT2D eigenvalue weighted by atomic mass is 9.72. The quantitative estimate of drug-likeness (QED) is 0.658. The van der Waals surface area contributed by atoms with Crippen LogP contribution < -0.4 is 15.4 Å². The number of nitrogens with one attached hydrogen (secondary N) is 2. The molecule has 0 aromatic heterocycles. The minimum atomic E-state index is -0.0866. The van der Waals surface area contributed by atoms with Gasteiger partial charge < -0.3 is 20.3 Å². The van der Waals surface area contributed by atoms with Crippen molar-refractivity contribution in [2.45, 2.75) is 18.0 Å². The third-order valence-corrected chi connectivity index (χ3v) is 6.48. The lowest BCUT2D eigenvalue weighted by Crippen LogP contribution is -2.74. The van der Waals surface area contributed by atoms with Gasteiger partial charge in [0.25, 0.3) is 0 Å². The normalized spacial score (nSPS) is 21.2. The molecule has 2 aliphatic heterocycles. The molecule has 0 saturated carbocycles. The van der Waals surface area contributed by atoms with Crippen LogP contribution in [0.25, 0.3) is 11.1 Å². The number of piperazine rings is 1. The predicted molar refractivity (Wildman–Crippen MR) is 124 cm³/mol. The number of carbonyl (C=O) groups is 1. The van der Waals surface area contributed by atoms with Gasteiger partial charge in [0.1, 0.15) is 5.75 Å². The van der Waals surface area contributed by atoms with Crippen LogP contribution in [0.5, 0.6) is 5.75 Å². The van der Waals surface area contributed by atoms with E-state index in [1.807, 2.05) is 53.4 Å². The number of hydrogen-bond acceptors (Lipinski definition) is 4. The Morgan fingerprint density at radius 3 is 2.25 bits per heavy atom. The number of urea groups is 1. The lowest BCUT2D eigenvalue weighted by molar-refractivity contribution is 0.00200. The first kappa shape index (κ1) is 20.1. The Labute approximate surface area is 187 Å². The van der Waals surface area contributed by atoms with Gasteiger partial charge in [-0.1, -0.05) is 48.5 Å². The first-order valence-corrected chi connectivity index (χ1v) is 10.7. The molecule has 6 heteroatoms. The number of methoxy groups -OCH3 is 1. The summed E-state index contributed by atoms with van der Waals surface area (Å²) in [5, 5.41) is 15.4. The minimum absolute atomic E-state index is 0.0866. The molecule has 0 radical (unpaired) electrons. The molecule has 0 spiro atoms. The average Bonchev–Trinajstić information content (AvgIpc) is 2.85. The molecule has 3 aromatic carbocycles. The summed E-state index contributed by atoms with van der Waals surface area (Å²) >= 11 is 0. The number of piperidine rings is 1. The topological polar surface area (TPSA) is 77.4 Å². The Morgan fingerprint density at radius 1 is 1.00 bits per heavy atom. The Morgan fingerprint density at radius 2 is 1.62 bits per heavy atom. The van der Waals surface area contributed by atoms with E-state index in [4.69, 9.17) is 10.00 Å². The molecule has 1 unspecified atom stereocenters. The smallest absolute Gasteiger partial charge is 0.322 e. The van der Waals surface area contributed by atoms with Crippen molar-refractivity contribution in [2.24, 2.45) is 0 Å². The summed E-state index contributed by atoms with van der Waals surface area (Å²) in [6.07, 6.45) is 0. The van der Waals surface area contributed by atoms with Crippen LogP contribution in [0, 0.1) is 11.3 Å². The van der Waals surface area contributed by atoms with Crippen molar-refractivity contribution in [2.75, 3.05) is 25.5 Å². The second-order valence-electron chi connectivity index (χ2n) is 8.17. The molecule has 2 saturated heterocycles. The molecule has 5 rings (SSSR count). The number of benzene rings is 3. The van der Waals surface area contributed by atoms with E-state index < -0.39 is 0 Å². The van der Waals surface area contributed by atoms with Crippen LogP contribution in [0.1, 0.15) is 17.0 Å². The van der Waals surface area contributed by atoms with Gasteiger partial charge in [0, 0.05) is 19.0 Å². The number of nitrogens with zero attached hydrogens (tertiary/aromatic N) is 2. The van der Waals surface area contributed by atoms with Crippen LogP contribution in [0.3, 0.4) is 0 Å². The lowest BCUT2D eigenvalue weighted by Gasteiger charge is -2.59. The van der Waals surface area contributed by atoms with E-state index in [0.717, 1.165) is 24.2 Å². The summed E-state index contributed by atoms with van der Waals surface area (Å²) in [6, 6.07) is 25.9. The Kier molecular flexibility index (Phi) is 5.26. The number of hydrogen-bond donors (Lipinski definition) is 2. The van der Waals surface area contributed by atoms with E-state index >= 15 is 0 Å². The molecule has 3 atom stereocenters. The summed E-state index contributed by atoms with van der Waals surface area (Å²) in [7, 11) is 1.60. The molecule has 2 N–H and O–H groups in total. The molecular weight excluding hydrogens is 400 g/mol. The van der Waals surface area contributed by atoms with Crippen LogP contribution in [0.15, 0.2) is 72.8 Å². The van der Waals surface area contributed by atoms with Gasteiger partial charge in [-0.15, -0.1) is 0 Å². The number of anilines is 1. The standard InChI is InChI=1S/C26H24N4O2/c1-32-24-5-3-2-4-21(24)29-26(31)30-22-15-28-16-23(30)25(22)20-12-10-19(11-13-20)18-8-6-17(14-27)7-9-18/h2-13,22-23,25,28H,15-16H2,1H3,(H,29,31)/t22-,23+,25?. The summed E-state index contributed by atoms with van der Waals surface area (Å²) in [5.41, 5.74) is 4.79. The SMILES string of the molecule is COc1ccccc1NC(=O)N1[C@@H]2CNC[C@H]1C2c1ccc(-c2ccc(C#N)cc2)cc1. The van der Waals surface area contributed by atoms with Crippen LogP contribution in [0.2, 0.25) is 0 Å². The zero-order valence-corrected chi connectivity index (χ0v) is 17.8. The molecule has 6 nitrogen and oxygen atoms in total. The molecular formula is C26H24N4O2. The largest absolute Gasteiger partial charge is 0.495 e. The maximum Gasteiger partial charge on any atom is 0.322 e. The molecule has 2 fully saturated rings. The zero-order chi connectivity index (χ0) is 22.1. The van der Waals surface area contributed by atoms with Crippen molar-refractivity contribution in [1.29, 1.82) is 5.26 Å². The number of para-hydroxylation sites is 2. The molecule has 160 valence electrons. The van der Waals surface area contributed by atoms with Gasteiger partial charge >= 0.3 is 6.03 Å². The van der Waals surface area contributed by atoms with Crippen LogP contribution >= 0.6 is 0 Å². The van der Waals surface area contributed by atoms with Crippen molar-refractivity contribution in [3.05, 3.63) is 83.9 Å². The van der Waals surface area contributed by atoms with Crippen LogP contribution in [0.4, 0.5) is 10.5 Å². The van der Waals surface area contributed by atoms with Gasteiger partial charge in [-0.25, -0.2) is 4.79 Å². The Hall–Kier alpha value is -3.82. The van der Waals surface area contributed by atoms with Gasteiger partial charge in [-0.05, 0) is 41.0 Å². The molecule has 0 aliphatic carbocycles. The Bertz CT molecular complexity index is 1160. The zero-order valence-electron chi connectivity index (χ0n) is 17.8. The number of amides is 2. The van der Waals surface area contributed by atoms with Gasteiger partial charge in [-0.2, -0.15) is 5.26 Å². The highest BCUT2D eigenvalue weighted by Crippen LogP contribution is 2.43. The summed E-state index contributed by atoms with van der Waals surface area (Å²) in [5.74, 6) is 0.967. The van der Waals surface area contributed by atoms with Crippen molar-refractivity contribution >= 4 is 11.7 Å². The fourth-order valence-electron chi connectivity index (χ4n) is 4.88. The van der Waals surface area contributed by atoms with E-state index in [1.165, 1.54) is 5.56 Å². The first-order valence-electron chi connectivity index (χ1n) is 10.7. The molecule has 3 aromatic rings. The molecule has 2 heterocycles. The van der Waals surface area contributed by atoms with Crippen LogP contribution in [-0.4, -0.2) is 43.2 Å². The van der Waals surface area contributed by atoms with E-state index in [0.29, 0.717) is 22.9 Å². The van der Waals surface area contributed by atoms with Gasteiger partial charge in [0.05, 0.1) is 36.5 Å². The van der Waals surface area contributed by atoms with Gasteiger partial charge in [0.15, 0.2) is 0 Å². The number of carbonyl (C=O) groups excluding carboxylic acids is 1. The average molecular weight is 425 g/mol. The van der Waals surface area contributed by atoms with Crippen molar-refractivity contribution < 1.29 is 9.53 Å². The molecule has 2 amide bonds. The summed E-state index contributed by atoms with van der Waals surface area (Å²) in [4.78, 5) is 15.0. The fraction of sp³-hybridized carbons (Fsp3) is 0.231. The maximum absolute atomic E-state index is 13.1. The highest BCUT2D eigenvalue weighted by molar-refractivity contribution is 5.92. The highest BCUT2D eigenvalue weighted by atomic mass is 16.5. The van der Waals surface area contributed by atoms with Crippen molar-refractivity contribution in [1.82, 2.24) is 10.2 Å². The van der Waals surface area contributed by atoms with Crippen molar-refractivity contribution in [3.63, 3.8) is 0 Å². The summed E-state index contributed by atoms with van der Waals surface area (Å²) in [6.45, 7) is 1.55. The van der Waals surface area contributed by atoms with E-state index in [9.17, 15) is 4.79 Å². The van der Waals surface area contributed by atoms with Crippen LogP contribution in [-0.2, 0) is 0 Å². The molecule has 32 heavy (non-hydrogen) atoms. The summed E-state index contributed by atoms with van der Waals surface area (Å²) < 4.78 is 5.36. The van der Waals surface area contributed by atoms with Gasteiger partial charge in [-0.3, -0.25) is 0 Å². The minimum Gasteiger partial charge on any atom is -0.495 e. The van der Waals surface area contributed by atoms with E-state index in [2.05, 4.69) is 41.0 Å². The predicted octanol–water partition coefficient (Wildman–Crippen LogP) is 4.21. The maximum atomic E-state index is 13.1. The highest BCUT2D eigenvalue weighted by Gasteiger charge is 2.53. The van der Waals surface area contributed by atoms with E-state index in [1.54, 1.807) is 7.11 Å². The molecule has 2 aliphatic rings. The number of nitriles is 1. The third kappa shape index (κ3) is 3.47. The second kappa shape index (κ2) is 8.37. The van der Waals surface area contributed by atoms with E-state index in [-0.39, 0.29) is 18.1 Å². The van der Waals surface area contributed by atoms with Crippen molar-refractivity contribution in [3.8, 4) is 22.9 Å². The Balaban J connectivity index is 1.31. The number of ether oxygens (including phenoxy) is 1. The number of rotatable bonds is 4. The number of fused-ring (bicyclic) bond motifs is 2. The third-order valence-electron chi connectivity index (χ3n) is 6.48. The fourth-order valence-corrected chi connectivity index (χ4v) is 4.88. The molecule has 2 bridgehead atoms.